The maximum absolute atomic E-state index is 12.0. The second kappa shape index (κ2) is 8.13. The number of halogens is 1. The summed E-state index contributed by atoms with van der Waals surface area (Å²) in [4.78, 5) is 12.0. The van der Waals surface area contributed by atoms with Crippen LogP contribution in [-0.4, -0.2) is 44.0 Å². The largest absolute Gasteiger partial charge is 0.353 e. The first-order valence-corrected chi connectivity index (χ1v) is 10.1. The van der Waals surface area contributed by atoms with Gasteiger partial charge in [-0.3, -0.25) is 4.79 Å². The maximum Gasteiger partial charge on any atom is 0.220 e. The van der Waals surface area contributed by atoms with E-state index in [0.717, 1.165) is 12.8 Å². The number of carbonyl (C=O) groups is 1. The topological polar surface area (TPSA) is 66.5 Å². The summed E-state index contributed by atoms with van der Waals surface area (Å²) in [5.41, 5.74) is 1.17. The molecule has 0 aromatic heterocycles. The van der Waals surface area contributed by atoms with Crippen LogP contribution in [0.3, 0.4) is 0 Å². The van der Waals surface area contributed by atoms with Gasteiger partial charge in [-0.05, 0) is 43.4 Å². The highest BCUT2D eigenvalue weighted by atomic mass is 35.5. The standard InChI is InChI=1S/C16H23ClN2O3S/c1-23(21,22)19-11-9-15(10-12-19)18-16(20)4-2-3-13-5-7-14(17)8-6-13/h5-8,15H,2-4,9-12H2,1H3,(H,18,20). The molecule has 0 bridgehead atoms. The van der Waals surface area contributed by atoms with Gasteiger partial charge in [0, 0.05) is 30.6 Å². The number of hydrogen-bond acceptors (Lipinski definition) is 3. The molecule has 2 rings (SSSR count). The van der Waals surface area contributed by atoms with Gasteiger partial charge in [0.1, 0.15) is 0 Å². The van der Waals surface area contributed by atoms with Crippen LogP contribution in [0.1, 0.15) is 31.2 Å². The number of aryl methyl sites for hydroxylation is 1. The molecule has 0 saturated carbocycles. The van der Waals surface area contributed by atoms with Crippen molar-refractivity contribution in [3.05, 3.63) is 34.9 Å². The lowest BCUT2D eigenvalue weighted by atomic mass is 10.1. The number of piperidine rings is 1. The Labute approximate surface area is 143 Å². The molecule has 0 unspecified atom stereocenters. The molecule has 0 radical (unpaired) electrons. The van der Waals surface area contributed by atoms with Crippen molar-refractivity contribution in [3.8, 4) is 0 Å². The van der Waals surface area contributed by atoms with E-state index >= 15 is 0 Å². The Morgan fingerprint density at radius 1 is 1.26 bits per heavy atom. The fourth-order valence-electron chi connectivity index (χ4n) is 2.74. The van der Waals surface area contributed by atoms with E-state index in [4.69, 9.17) is 11.6 Å². The Kier molecular flexibility index (Phi) is 6.44. The van der Waals surface area contributed by atoms with Gasteiger partial charge in [0.2, 0.25) is 15.9 Å². The Hall–Kier alpha value is -1.11. The Morgan fingerprint density at radius 2 is 1.87 bits per heavy atom. The molecule has 1 saturated heterocycles. The van der Waals surface area contributed by atoms with Crippen molar-refractivity contribution in [2.45, 2.75) is 38.1 Å². The van der Waals surface area contributed by atoms with Gasteiger partial charge < -0.3 is 5.32 Å². The monoisotopic (exact) mass is 358 g/mol. The zero-order chi connectivity index (χ0) is 16.9. The SMILES string of the molecule is CS(=O)(=O)N1CCC(NC(=O)CCCc2ccc(Cl)cc2)CC1. The predicted molar refractivity (Wildman–Crippen MR) is 92.0 cm³/mol. The number of benzene rings is 1. The minimum absolute atomic E-state index is 0.0387. The average molecular weight is 359 g/mol. The average Bonchev–Trinajstić information content (AvgIpc) is 2.49. The van der Waals surface area contributed by atoms with Crippen LogP contribution in [0.4, 0.5) is 0 Å². The number of nitrogens with one attached hydrogen (secondary N) is 1. The number of rotatable bonds is 6. The highest BCUT2D eigenvalue weighted by molar-refractivity contribution is 7.88. The van der Waals surface area contributed by atoms with Crippen LogP contribution >= 0.6 is 11.6 Å². The maximum atomic E-state index is 12.0. The summed E-state index contributed by atoms with van der Waals surface area (Å²) in [5.74, 6) is 0.0387. The lowest BCUT2D eigenvalue weighted by molar-refractivity contribution is -0.122. The normalized spacial score (nSPS) is 17.1. The molecule has 5 nitrogen and oxygen atoms in total. The van der Waals surface area contributed by atoms with Crippen LogP contribution in [-0.2, 0) is 21.2 Å². The molecule has 7 heteroatoms. The van der Waals surface area contributed by atoms with Crippen molar-refractivity contribution in [1.82, 2.24) is 9.62 Å². The van der Waals surface area contributed by atoms with Crippen LogP contribution in [0.15, 0.2) is 24.3 Å². The van der Waals surface area contributed by atoms with E-state index in [-0.39, 0.29) is 11.9 Å². The van der Waals surface area contributed by atoms with Crippen molar-refractivity contribution < 1.29 is 13.2 Å². The number of sulfonamides is 1. The van der Waals surface area contributed by atoms with E-state index in [9.17, 15) is 13.2 Å². The second-order valence-corrected chi connectivity index (χ2v) is 8.40. The quantitative estimate of drug-likeness (QED) is 0.847. The molecular formula is C16H23ClN2O3S. The van der Waals surface area contributed by atoms with Crippen LogP contribution in [0.25, 0.3) is 0 Å². The number of hydrogen-bond donors (Lipinski definition) is 1. The molecule has 1 fully saturated rings. The van der Waals surface area contributed by atoms with E-state index in [1.54, 1.807) is 0 Å². The number of amides is 1. The Balaban J connectivity index is 1.66. The first kappa shape index (κ1) is 18.2. The van der Waals surface area contributed by atoms with Crippen LogP contribution in [0, 0.1) is 0 Å². The third kappa shape index (κ3) is 6.12. The third-order valence-corrected chi connectivity index (χ3v) is 5.63. The van der Waals surface area contributed by atoms with Gasteiger partial charge in [0.05, 0.1) is 6.26 Å². The van der Waals surface area contributed by atoms with Gasteiger partial charge in [-0.2, -0.15) is 0 Å². The fourth-order valence-corrected chi connectivity index (χ4v) is 3.74. The molecule has 1 heterocycles. The Bertz CT molecular complexity index is 623. The van der Waals surface area contributed by atoms with E-state index in [2.05, 4.69) is 5.32 Å². The molecule has 0 atom stereocenters. The minimum Gasteiger partial charge on any atom is -0.353 e. The molecule has 1 aliphatic rings. The first-order valence-electron chi connectivity index (χ1n) is 7.83. The van der Waals surface area contributed by atoms with Crippen LogP contribution in [0.2, 0.25) is 5.02 Å². The van der Waals surface area contributed by atoms with Gasteiger partial charge in [-0.25, -0.2) is 12.7 Å². The summed E-state index contributed by atoms with van der Waals surface area (Å²) in [5, 5.41) is 3.72. The first-order chi connectivity index (χ1) is 10.8. The van der Waals surface area contributed by atoms with Gasteiger partial charge in [-0.15, -0.1) is 0 Å². The molecule has 0 spiro atoms. The van der Waals surface area contributed by atoms with E-state index < -0.39 is 10.0 Å². The Morgan fingerprint density at radius 3 is 2.43 bits per heavy atom. The van der Waals surface area contributed by atoms with Crippen molar-refractivity contribution in [3.63, 3.8) is 0 Å². The van der Waals surface area contributed by atoms with Crippen LogP contribution in [0.5, 0.6) is 0 Å². The van der Waals surface area contributed by atoms with Crippen molar-refractivity contribution in [2.24, 2.45) is 0 Å². The number of nitrogens with zero attached hydrogens (tertiary/aromatic N) is 1. The van der Waals surface area contributed by atoms with Gasteiger partial charge in [0.15, 0.2) is 0 Å². The molecule has 1 aromatic carbocycles. The summed E-state index contributed by atoms with van der Waals surface area (Å²) >= 11 is 5.84. The van der Waals surface area contributed by atoms with Gasteiger partial charge >= 0.3 is 0 Å². The molecule has 1 aromatic rings. The molecule has 1 amide bonds. The molecule has 0 aliphatic carbocycles. The zero-order valence-electron chi connectivity index (χ0n) is 13.3. The van der Waals surface area contributed by atoms with Crippen molar-refractivity contribution in [1.29, 1.82) is 0 Å². The second-order valence-electron chi connectivity index (χ2n) is 5.98. The van der Waals surface area contributed by atoms with Crippen molar-refractivity contribution in [2.75, 3.05) is 19.3 Å². The van der Waals surface area contributed by atoms with Crippen molar-refractivity contribution >= 4 is 27.5 Å². The summed E-state index contributed by atoms with van der Waals surface area (Å²) in [6.45, 7) is 0.961. The van der Waals surface area contributed by atoms with E-state index in [0.29, 0.717) is 37.4 Å². The number of carbonyl (C=O) groups excluding carboxylic acids is 1. The summed E-state index contributed by atoms with van der Waals surface area (Å²) in [6.07, 6.45) is 4.69. The lowest BCUT2D eigenvalue weighted by Gasteiger charge is -2.30. The highest BCUT2D eigenvalue weighted by Gasteiger charge is 2.25. The smallest absolute Gasteiger partial charge is 0.220 e. The third-order valence-electron chi connectivity index (χ3n) is 4.07. The molecule has 1 N–H and O–H groups in total. The summed E-state index contributed by atoms with van der Waals surface area (Å²) < 4.78 is 24.4. The van der Waals surface area contributed by atoms with Gasteiger partial charge in [-0.1, -0.05) is 23.7 Å². The lowest BCUT2D eigenvalue weighted by Crippen LogP contribution is -2.46. The minimum atomic E-state index is -3.11. The van der Waals surface area contributed by atoms with E-state index in [1.807, 2.05) is 24.3 Å². The summed E-state index contributed by atoms with van der Waals surface area (Å²) in [6, 6.07) is 7.73. The highest BCUT2D eigenvalue weighted by Crippen LogP contribution is 2.14. The van der Waals surface area contributed by atoms with Gasteiger partial charge in [0.25, 0.3) is 0 Å². The summed E-state index contributed by atoms with van der Waals surface area (Å²) in [7, 11) is -3.11. The van der Waals surface area contributed by atoms with E-state index in [1.165, 1.54) is 16.1 Å². The fraction of sp³-hybridized carbons (Fsp3) is 0.562. The predicted octanol–water partition coefficient (Wildman–Crippen LogP) is 2.20. The molecule has 128 valence electrons. The molecular weight excluding hydrogens is 336 g/mol. The molecule has 1 aliphatic heterocycles. The molecule has 23 heavy (non-hydrogen) atoms. The van der Waals surface area contributed by atoms with Crippen LogP contribution < -0.4 is 5.32 Å². The zero-order valence-corrected chi connectivity index (χ0v) is 14.9.